The average Bonchev–Trinajstić information content (AvgIpc) is 2.51. The minimum absolute atomic E-state index is 0.0334. The summed E-state index contributed by atoms with van der Waals surface area (Å²) in [4.78, 5) is 12.9. The molecule has 1 aliphatic rings. The number of likely N-dealkylation sites (tertiary alicyclic amines) is 1. The van der Waals surface area contributed by atoms with Crippen LogP contribution in [0.1, 0.15) is 19.8 Å². The second kappa shape index (κ2) is 4.75. The number of carbonyl (C=O) groups is 1. The van der Waals surface area contributed by atoms with Crippen LogP contribution in [0.25, 0.3) is 0 Å². The summed E-state index contributed by atoms with van der Waals surface area (Å²) in [5.41, 5.74) is 5.99. The summed E-state index contributed by atoms with van der Waals surface area (Å²) in [6.07, 6.45) is 1.69. The third-order valence-electron chi connectivity index (χ3n) is 3.08. The molecule has 0 radical (unpaired) electrons. The zero-order valence-corrected chi connectivity index (χ0v) is 8.94. The number of rotatable bonds is 4. The number of hydrogen-bond acceptors (Lipinski definition) is 3. The maximum Gasteiger partial charge on any atom is 0.306 e. The average molecular weight is 200 g/mol. The van der Waals surface area contributed by atoms with E-state index in [0.717, 1.165) is 19.5 Å². The first-order valence-corrected chi connectivity index (χ1v) is 5.17. The molecule has 4 nitrogen and oxygen atoms in total. The summed E-state index contributed by atoms with van der Waals surface area (Å²) in [6, 6.07) is 0.0334. The van der Waals surface area contributed by atoms with Crippen molar-refractivity contribution in [3.8, 4) is 0 Å². The van der Waals surface area contributed by atoms with Crippen LogP contribution < -0.4 is 5.73 Å². The van der Waals surface area contributed by atoms with Gasteiger partial charge in [-0.05, 0) is 32.4 Å². The van der Waals surface area contributed by atoms with Gasteiger partial charge in [0.05, 0.1) is 5.92 Å². The lowest BCUT2D eigenvalue weighted by atomic mass is 9.91. The SMILES string of the molecule is CC(CC(N)C1CCN(C)C1)C(=O)O. The molecule has 3 N–H and O–H groups in total. The van der Waals surface area contributed by atoms with Crippen molar-refractivity contribution in [1.29, 1.82) is 0 Å². The summed E-state index contributed by atoms with van der Waals surface area (Å²) >= 11 is 0. The van der Waals surface area contributed by atoms with E-state index >= 15 is 0 Å². The zero-order valence-electron chi connectivity index (χ0n) is 8.94. The molecule has 3 atom stereocenters. The van der Waals surface area contributed by atoms with Crippen molar-refractivity contribution < 1.29 is 9.90 Å². The number of carboxylic acids is 1. The molecule has 0 amide bonds. The Kier molecular flexibility index (Phi) is 3.89. The predicted octanol–water partition coefficient (Wildman–Crippen LogP) is 0.376. The van der Waals surface area contributed by atoms with E-state index in [2.05, 4.69) is 11.9 Å². The summed E-state index contributed by atoms with van der Waals surface area (Å²) in [5, 5.41) is 8.76. The second-order valence-corrected chi connectivity index (χ2v) is 4.45. The molecule has 0 bridgehead atoms. The maximum absolute atomic E-state index is 10.6. The zero-order chi connectivity index (χ0) is 10.7. The fourth-order valence-electron chi connectivity index (χ4n) is 2.02. The summed E-state index contributed by atoms with van der Waals surface area (Å²) in [5.74, 6) is -0.593. The number of nitrogens with two attached hydrogens (primary N) is 1. The van der Waals surface area contributed by atoms with Gasteiger partial charge in [-0.1, -0.05) is 6.92 Å². The highest BCUT2D eigenvalue weighted by atomic mass is 16.4. The van der Waals surface area contributed by atoms with Crippen molar-refractivity contribution in [2.45, 2.75) is 25.8 Å². The molecular weight excluding hydrogens is 180 g/mol. The third kappa shape index (κ3) is 2.96. The molecule has 3 unspecified atom stereocenters. The molecule has 1 heterocycles. The Hall–Kier alpha value is -0.610. The van der Waals surface area contributed by atoms with Crippen LogP contribution in [0.5, 0.6) is 0 Å². The van der Waals surface area contributed by atoms with E-state index in [1.807, 2.05) is 0 Å². The Morgan fingerprint density at radius 3 is 2.79 bits per heavy atom. The first-order valence-electron chi connectivity index (χ1n) is 5.17. The van der Waals surface area contributed by atoms with Gasteiger partial charge in [0.1, 0.15) is 0 Å². The van der Waals surface area contributed by atoms with Gasteiger partial charge in [-0.15, -0.1) is 0 Å². The van der Waals surface area contributed by atoms with Gasteiger partial charge in [-0.3, -0.25) is 4.79 Å². The highest BCUT2D eigenvalue weighted by Crippen LogP contribution is 2.21. The lowest BCUT2D eigenvalue weighted by Crippen LogP contribution is -2.34. The normalized spacial score (nSPS) is 27.5. The molecule has 0 aromatic carbocycles. The summed E-state index contributed by atoms with van der Waals surface area (Å²) in [7, 11) is 2.08. The summed E-state index contributed by atoms with van der Waals surface area (Å²) in [6.45, 7) is 3.81. The van der Waals surface area contributed by atoms with Crippen molar-refractivity contribution in [3.63, 3.8) is 0 Å². The molecule has 0 spiro atoms. The molecule has 1 fully saturated rings. The molecule has 0 saturated carbocycles. The molecule has 0 aromatic rings. The van der Waals surface area contributed by atoms with E-state index in [-0.39, 0.29) is 12.0 Å². The fraction of sp³-hybridized carbons (Fsp3) is 0.900. The largest absolute Gasteiger partial charge is 0.481 e. The molecule has 1 rings (SSSR count). The van der Waals surface area contributed by atoms with Gasteiger partial charge in [0, 0.05) is 12.6 Å². The van der Waals surface area contributed by atoms with Gasteiger partial charge in [0.15, 0.2) is 0 Å². The molecule has 4 heteroatoms. The lowest BCUT2D eigenvalue weighted by Gasteiger charge is -2.20. The Morgan fingerprint density at radius 2 is 2.36 bits per heavy atom. The van der Waals surface area contributed by atoms with E-state index in [9.17, 15) is 4.79 Å². The molecular formula is C10H20N2O2. The smallest absolute Gasteiger partial charge is 0.306 e. The van der Waals surface area contributed by atoms with Crippen LogP contribution in [0.4, 0.5) is 0 Å². The van der Waals surface area contributed by atoms with Gasteiger partial charge in [-0.2, -0.15) is 0 Å². The van der Waals surface area contributed by atoms with Crippen molar-refractivity contribution in [1.82, 2.24) is 4.90 Å². The van der Waals surface area contributed by atoms with Crippen LogP contribution in [0.15, 0.2) is 0 Å². The lowest BCUT2D eigenvalue weighted by molar-refractivity contribution is -0.141. The van der Waals surface area contributed by atoms with Crippen LogP contribution in [0.2, 0.25) is 0 Å². The Labute approximate surface area is 85.1 Å². The Balaban J connectivity index is 2.34. The van der Waals surface area contributed by atoms with E-state index in [1.54, 1.807) is 6.92 Å². The van der Waals surface area contributed by atoms with Crippen LogP contribution >= 0.6 is 0 Å². The van der Waals surface area contributed by atoms with E-state index in [0.29, 0.717) is 12.3 Å². The first kappa shape index (κ1) is 11.5. The van der Waals surface area contributed by atoms with Crippen molar-refractivity contribution in [2.75, 3.05) is 20.1 Å². The standard InChI is InChI=1S/C10H20N2O2/c1-7(10(13)14)5-9(11)8-3-4-12(2)6-8/h7-9H,3-6,11H2,1-2H3,(H,13,14). The number of aliphatic carboxylic acids is 1. The van der Waals surface area contributed by atoms with Gasteiger partial charge in [0.2, 0.25) is 0 Å². The van der Waals surface area contributed by atoms with Crippen molar-refractivity contribution in [3.05, 3.63) is 0 Å². The molecule has 0 aliphatic carbocycles. The van der Waals surface area contributed by atoms with E-state index in [1.165, 1.54) is 0 Å². The minimum Gasteiger partial charge on any atom is -0.481 e. The van der Waals surface area contributed by atoms with Gasteiger partial charge in [-0.25, -0.2) is 0 Å². The molecule has 14 heavy (non-hydrogen) atoms. The molecule has 0 aromatic heterocycles. The Bertz CT molecular complexity index is 208. The number of hydrogen-bond donors (Lipinski definition) is 2. The van der Waals surface area contributed by atoms with Gasteiger partial charge in [0.25, 0.3) is 0 Å². The van der Waals surface area contributed by atoms with Gasteiger partial charge < -0.3 is 15.7 Å². The summed E-state index contributed by atoms with van der Waals surface area (Å²) < 4.78 is 0. The number of nitrogens with zero attached hydrogens (tertiary/aromatic N) is 1. The molecule has 1 saturated heterocycles. The first-order chi connectivity index (χ1) is 6.50. The van der Waals surface area contributed by atoms with Crippen LogP contribution in [-0.2, 0) is 4.79 Å². The monoisotopic (exact) mass is 200 g/mol. The van der Waals surface area contributed by atoms with Gasteiger partial charge >= 0.3 is 5.97 Å². The third-order valence-corrected chi connectivity index (χ3v) is 3.08. The quantitative estimate of drug-likeness (QED) is 0.688. The van der Waals surface area contributed by atoms with E-state index in [4.69, 9.17) is 10.8 Å². The van der Waals surface area contributed by atoms with Crippen LogP contribution in [0.3, 0.4) is 0 Å². The predicted molar refractivity (Wildman–Crippen MR) is 55.0 cm³/mol. The van der Waals surface area contributed by atoms with E-state index < -0.39 is 5.97 Å². The number of carboxylic acid groups (broad SMARTS) is 1. The topological polar surface area (TPSA) is 66.6 Å². The Morgan fingerprint density at radius 1 is 1.71 bits per heavy atom. The second-order valence-electron chi connectivity index (χ2n) is 4.45. The highest BCUT2D eigenvalue weighted by Gasteiger charge is 2.27. The minimum atomic E-state index is -0.744. The molecule has 1 aliphatic heterocycles. The van der Waals surface area contributed by atoms with Crippen molar-refractivity contribution in [2.24, 2.45) is 17.6 Å². The van der Waals surface area contributed by atoms with Crippen LogP contribution in [-0.4, -0.2) is 42.2 Å². The van der Waals surface area contributed by atoms with Crippen LogP contribution in [0, 0.1) is 11.8 Å². The van der Waals surface area contributed by atoms with Crippen molar-refractivity contribution >= 4 is 5.97 Å². The molecule has 82 valence electrons. The maximum atomic E-state index is 10.6. The fourth-order valence-corrected chi connectivity index (χ4v) is 2.02. The highest BCUT2D eigenvalue weighted by molar-refractivity contribution is 5.69.